The molecule has 2 N–H and O–H groups in total. The fourth-order valence-electron chi connectivity index (χ4n) is 5.00. The molecule has 0 saturated carbocycles. The second-order valence-corrected chi connectivity index (χ2v) is 11.3. The van der Waals surface area contributed by atoms with E-state index >= 15 is 0 Å². The Morgan fingerprint density at radius 1 is 1.15 bits per heavy atom. The number of carbonyl (C=O) groups excluding carboxylic acids is 1. The zero-order valence-electron chi connectivity index (χ0n) is 23.3. The predicted octanol–water partition coefficient (Wildman–Crippen LogP) is 3.42. The summed E-state index contributed by atoms with van der Waals surface area (Å²) in [6.45, 7) is 7.40. The molecule has 4 aromatic rings. The van der Waals surface area contributed by atoms with Crippen LogP contribution < -0.4 is 10.3 Å². The van der Waals surface area contributed by atoms with E-state index in [1.54, 1.807) is 39.9 Å². The summed E-state index contributed by atoms with van der Waals surface area (Å²) >= 11 is 3.49. The fraction of sp³-hybridized carbons (Fsp3) is 0.333. The Kier molecular flexibility index (Phi) is 8.12. The predicted molar refractivity (Wildman–Crippen MR) is 157 cm³/mol. The number of benzene rings is 2. The van der Waals surface area contributed by atoms with Gasteiger partial charge in [0.2, 0.25) is 5.95 Å². The van der Waals surface area contributed by atoms with E-state index in [1.807, 2.05) is 45.9 Å². The number of hydrogen-bond donors (Lipinski definition) is 2. The van der Waals surface area contributed by atoms with E-state index < -0.39 is 12.7 Å². The molecule has 1 aliphatic rings. The first-order valence-corrected chi connectivity index (χ1v) is 14.1. The van der Waals surface area contributed by atoms with Gasteiger partial charge >= 0.3 is 0 Å². The third kappa shape index (κ3) is 5.70. The van der Waals surface area contributed by atoms with Crippen LogP contribution in [0.1, 0.15) is 45.5 Å². The Morgan fingerprint density at radius 3 is 2.51 bits per heavy atom. The molecule has 5 rings (SSSR count). The molecule has 41 heavy (non-hydrogen) atoms. The Bertz CT molecular complexity index is 1660. The van der Waals surface area contributed by atoms with Gasteiger partial charge in [-0.05, 0) is 88.2 Å². The lowest BCUT2D eigenvalue weighted by Crippen LogP contribution is -2.46. The highest BCUT2D eigenvalue weighted by atomic mass is 79.9. The SMILES string of the molecule is Cc1cc(C)n(-c2nc3c(c(=O)n2-c2ccc(OC[C@H](O)CO)cc2)C[C@@H](C)N(C(=O)c2ccc(Br)c(C)c2)C3)n1. The van der Waals surface area contributed by atoms with Gasteiger partial charge in [-0.25, -0.2) is 14.2 Å². The van der Waals surface area contributed by atoms with Gasteiger partial charge in [0, 0.05) is 27.3 Å². The Morgan fingerprint density at radius 2 is 1.88 bits per heavy atom. The number of aromatic nitrogens is 4. The van der Waals surface area contributed by atoms with E-state index in [0.717, 1.165) is 21.4 Å². The molecule has 2 atom stereocenters. The van der Waals surface area contributed by atoms with Gasteiger partial charge in [0.1, 0.15) is 18.5 Å². The van der Waals surface area contributed by atoms with Gasteiger partial charge in [-0.2, -0.15) is 5.10 Å². The molecule has 11 heteroatoms. The Labute approximate surface area is 246 Å². The highest BCUT2D eigenvalue weighted by Crippen LogP contribution is 2.26. The van der Waals surface area contributed by atoms with Gasteiger partial charge in [0.25, 0.3) is 11.5 Å². The summed E-state index contributed by atoms with van der Waals surface area (Å²) in [5.74, 6) is 0.697. The second-order valence-electron chi connectivity index (χ2n) is 10.4. The molecule has 10 nitrogen and oxygen atoms in total. The minimum absolute atomic E-state index is 0.0554. The molecule has 2 aromatic heterocycles. The lowest BCUT2D eigenvalue weighted by molar-refractivity contribution is 0.0536. The lowest BCUT2D eigenvalue weighted by atomic mass is 9.98. The minimum Gasteiger partial charge on any atom is -0.491 e. The number of amides is 1. The average Bonchev–Trinajstić information content (AvgIpc) is 3.30. The number of aryl methyl sites for hydroxylation is 3. The fourth-order valence-corrected chi connectivity index (χ4v) is 5.25. The van der Waals surface area contributed by atoms with E-state index in [-0.39, 0.29) is 30.7 Å². The van der Waals surface area contributed by atoms with Crippen molar-refractivity contribution in [2.24, 2.45) is 0 Å². The number of aliphatic hydroxyl groups is 2. The van der Waals surface area contributed by atoms with E-state index in [9.17, 15) is 14.7 Å². The molecule has 0 radical (unpaired) electrons. The van der Waals surface area contributed by atoms with Crippen molar-refractivity contribution in [3.05, 3.63) is 97.1 Å². The van der Waals surface area contributed by atoms with Crippen molar-refractivity contribution in [1.82, 2.24) is 24.2 Å². The van der Waals surface area contributed by atoms with E-state index in [4.69, 9.17) is 14.8 Å². The first kappa shape index (κ1) is 28.7. The first-order chi connectivity index (χ1) is 19.6. The third-order valence-corrected chi connectivity index (χ3v) is 8.10. The van der Waals surface area contributed by atoms with Crippen molar-refractivity contribution in [2.75, 3.05) is 13.2 Å². The number of halogens is 1. The molecule has 0 aliphatic carbocycles. The number of nitrogens with zero attached hydrogens (tertiary/aromatic N) is 5. The summed E-state index contributed by atoms with van der Waals surface area (Å²) in [4.78, 5) is 34.4. The molecule has 0 saturated heterocycles. The van der Waals surface area contributed by atoms with Crippen LogP contribution >= 0.6 is 15.9 Å². The lowest BCUT2D eigenvalue weighted by Gasteiger charge is -2.34. The van der Waals surface area contributed by atoms with Gasteiger partial charge in [0.15, 0.2) is 0 Å². The highest BCUT2D eigenvalue weighted by molar-refractivity contribution is 9.10. The maximum atomic E-state index is 14.1. The van der Waals surface area contributed by atoms with Crippen molar-refractivity contribution in [1.29, 1.82) is 0 Å². The maximum Gasteiger partial charge on any atom is 0.263 e. The summed E-state index contributed by atoms with van der Waals surface area (Å²) in [5.41, 5.74) is 4.60. The molecule has 1 aliphatic heterocycles. The summed E-state index contributed by atoms with van der Waals surface area (Å²) < 4.78 is 9.65. The van der Waals surface area contributed by atoms with E-state index in [1.165, 1.54) is 4.57 Å². The summed E-state index contributed by atoms with van der Waals surface area (Å²) in [6.07, 6.45) is -0.624. The number of fused-ring (bicyclic) bond motifs is 1. The van der Waals surface area contributed by atoms with Crippen molar-refractivity contribution >= 4 is 21.8 Å². The van der Waals surface area contributed by atoms with E-state index in [2.05, 4.69) is 21.0 Å². The number of carbonyl (C=O) groups is 1. The van der Waals surface area contributed by atoms with Crippen LogP contribution in [-0.2, 0) is 13.0 Å². The van der Waals surface area contributed by atoms with Crippen molar-refractivity contribution in [3.8, 4) is 17.4 Å². The molecule has 0 fully saturated rings. The Hall–Kier alpha value is -3.80. The van der Waals surface area contributed by atoms with Crippen LogP contribution in [0.3, 0.4) is 0 Å². The van der Waals surface area contributed by atoms with Gasteiger partial charge in [-0.3, -0.25) is 9.59 Å². The van der Waals surface area contributed by atoms with Crippen molar-refractivity contribution < 1.29 is 19.7 Å². The number of ether oxygens (including phenoxy) is 1. The molecular weight excluding hydrogens is 590 g/mol. The van der Waals surface area contributed by atoms with Crippen LogP contribution in [-0.4, -0.2) is 65.7 Å². The zero-order valence-corrected chi connectivity index (χ0v) is 24.9. The molecular formula is C30H32BrN5O5. The summed E-state index contributed by atoms with van der Waals surface area (Å²) in [5, 5.41) is 23.2. The monoisotopic (exact) mass is 621 g/mol. The largest absolute Gasteiger partial charge is 0.491 e. The number of rotatable bonds is 7. The van der Waals surface area contributed by atoms with Crippen LogP contribution in [0.2, 0.25) is 0 Å². The summed E-state index contributed by atoms with van der Waals surface area (Å²) in [7, 11) is 0. The average molecular weight is 623 g/mol. The summed E-state index contributed by atoms with van der Waals surface area (Å²) in [6, 6.07) is 14.1. The molecule has 0 bridgehead atoms. The first-order valence-electron chi connectivity index (χ1n) is 13.3. The van der Waals surface area contributed by atoms with Crippen molar-refractivity contribution in [2.45, 2.75) is 52.8 Å². The number of hydrogen-bond acceptors (Lipinski definition) is 7. The minimum atomic E-state index is -0.985. The zero-order chi connectivity index (χ0) is 29.4. The van der Waals surface area contributed by atoms with Gasteiger partial charge < -0.3 is 19.8 Å². The smallest absolute Gasteiger partial charge is 0.263 e. The standard InChI is InChI=1S/C30H32BrN5O5/c1-17-11-21(5-10-26(17)31)28(39)34-14-27-25(13-19(34)3)29(40)35(30(32-27)36-20(4)12-18(2)33-36)22-6-8-24(9-7-22)41-16-23(38)15-37/h5-12,19,23,37-38H,13-16H2,1-4H3/t19-,23-/m1/s1. The van der Waals surface area contributed by atoms with Crippen LogP contribution in [0.5, 0.6) is 5.75 Å². The molecule has 0 unspecified atom stereocenters. The molecule has 1 amide bonds. The molecule has 214 valence electrons. The van der Waals surface area contributed by atoms with E-state index in [0.29, 0.717) is 40.6 Å². The van der Waals surface area contributed by atoms with Crippen LogP contribution in [0.4, 0.5) is 0 Å². The molecule has 0 spiro atoms. The van der Waals surface area contributed by atoms with Gasteiger partial charge in [-0.15, -0.1) is 0 Å². The third-order valence-electron chi connectivity index (χ3n) is 7.21. The van der Waals surface area contributed by atoms with Crippen molar-refractivity contribution in [3.63, 3.8) is 0 Å². The topological polar surface area (TPSA) is 123 Å². The van der Waals surface area contributed by atoms with Gasteiger partial charge in [-0.1, -0.05) is 15.9 Å². The van der Waals surface area contributed by atoms with Gasteiger partial charge in [0.05, 0.1) is 30.2 Å². The molecule has 2 aromatic carbocycles. The maximum absolute atomic E-state index is 14.1. The molecule has 3 heterocycles. The van der Waals surface area contributed by atoms with Crippen LogP contribution in [0.25, 0.3) is 11.6 Å². The quantitative estimate of drug-likeness (QED) is 0.324. The second kappa shape index (κ2) is 11.6. The van der Waals surface area contributed by atoms with Crippen LogP contribution in [0, 0.1) is 20.8 Å². The van der Waals surface area contributed by atoms with Crippen LogP contribution in [0.15, 0.2) is 57.8 Å². The Balaban J connectivity index is 1.57. The normalized spacial score (nSPS) is 15.5. The number of aliphatic hydroxyl groups excluding tert-OH is 2. The highest BCUT2D eigenvalue weighted by Gasteiger charge is 2.32.